The maximum atomic E-state index is 9.22. The van der Waals surface area contributed by atoms with Gasteiger partial charge in [-0.05, 0) is 24.5 Å². The minimum Gasteiger partial charge on any atom is -0.383 e. The molecule has 1 fully saturated rings. The van der Waals surface area contributed by atoms with Crippen molar-refractivity contribution in [1.29, 1.82) is 5.26 Å². The van der Waals surface area contributed by atoms with E-state index in [1.807, 2.05) is 24.3 Å². The number of nitrogen functional groups attached to an aromatic ring is 1. The van der Waals surface area contributed by atoms with Crippen LogP contribution < -0.4 is 11.1 Å². The topological polar surface area (TPSA) is 79.7 Å². The molecule has 0 spiro atoms. The molecule has 1 saturated carbocycles. The Morgan fingerprint density at radius 3 is 2.85 bits per heavy atom. The molecule has 5 nitrogen and oxygen atoms in total. The number of rotatable bonds is 4. The molecule has 3 N–H and O–H groups in total. The summed E-state index contributed by atoms with van der Waals surface area (Å²) in [6.07, 6.45) is 2.23. The Bertz CT molecular complexity index is 681. The Labute approximate surface area is 122 Å². The smallest absolute Gasteiger partial charge is 0.168 e. The molecule has 0 aliphatic heterocycles. The fourth-order valence-corrected chi connectivity index (χ4v) is 2.21. The van der Waals surface area contributed by atoms with E-state index in [2.05, 4.69) is 16.5 Å². The first-order valence-corrected chi connectivity index (χ1v) is 6.83. The van der Waals surface area contributed by atoms with Crippen molar-refractivity contribution in [1.82, 2.24) is 9.78 Å². The van der Waals surface area contributed by atoms with Crippen molar-refractivity contribution in [3.63, 3.8) is 0 Å². The van der Waals surface area contributed by atoms with E-state index in [0.29, 0.717) is 34.8 Å². The average molecular weight is 288 g/mol. The summed E-state index contributed by atoms with van der Waals surface area (Å²) >= 11 is 6.14. The molecule has 0 unspecified atom stereocenters. The molecule has 3 rings (SSSR count). The van der Waals surface area contributed by atoms with Gasteiger partial charge < -0.3 is 11.1 Å². The van der Waals surface area contributed by atoms with E-state index in [4.69, 9.17) is 17.3 Å². The van der Waals surface area contributed by atoms with Crippen molar-refractivity contribution in [3.05, 3.63) is 40.4 Å². The van der Waals surface area contributed by atoms with E-state index in [-0.39, 0.29) is 0 Å². The third-order valence-electron chi connectivity index (χ3n) is 3.30. The standard InChI is InChI=1S/C14H14ClN5/c15-12-4-2-1-3-9(12)8-20-13(17)11(7-16)14(19-20)18-10-5-6-10/h1-4,10H,5-6,8,17H2,(H,18,19). The maximum absolute atomic E-state index is 9.22. The summed E-state index contributed by atoms with van der Waals surface area (Å²) in [5.74, 6) is 0.940. The van der Waals surface area contributed by atoms with Crippen LogP contribution in [0.4, 0.5) is 11.6 Å². The van der Waals surface area contributed by atoms with Crippen molar-refractivity contribution >= 4 is 23.2 Å². The highest BCUT2D eigenvalue weighted by molar-refractivity contribution is 6.31. The SMILES string of the molecule is N#Cc1c(NC2CC2)nn(Cc2ccccc2Cl)c1N. The summed E-state index contributed by atoms with van der Waals surface area (Å²) in [6.45, 7) is 0.451. The second-order valence-corrected chi connectivity index (χ2v) is 5.30. The first kappa shape index (κ1) is 12.8. The van der Waals surface area contributed by atoms with E-state index in [9.17, 15) is 5.26 Å². The lowest BCUT2D eigenvalue weighted by molar-refractivity contribution is 0.698. The Morgan fingerprint density at radius 2 is 2.20 bits per heavy atom. The molecule has 0 amide bonds. The third kappa shape index (κ3) is 2.43. The molecule has 0 saturated heterocycles. The highest BCUT2D eigenvalue weighted by Gasteiger charge is 2.25. The first-order chi connectivity index (χ1) is 9.69. The number of nitrogens with two attached hydrogens (primary N) is 1. The summed E-state index contributed by atoms with van der Waals surface area (Å²) in [4.78, 5) is 0. The molecule has 6 heteroatoms. The number of aromatic nitrogens is 2. The molecule has 0 atom stereocenters. The van der Waals surface area contributed by atoms with E-state index in [1.165, 1.54) is 0 Å². The fraction of sp³-hybridized carbons (Fsp3) is 0.286. The van der Waals surface area contributed by atoms with E-state index in [1.54, 1.807) is 4.68 Å². The quantitative estimate of drug-likeness (QED) is 0.906. The van der Waals surface area contributed by atoms with Gasteiger partial charge in [0.1, 0.15) is 17.5 Å². The molecule has 1 heterocycles. The lowest BCUT2D eigenvalue weighted by Gasteiger charge is -2.05. The van der Waals surface area contributed by atoms with Gasteiger partial charge in [0.05, 0.1) is 6.54 Å². The normalized spacial score (nSPS) is 14.0. The summed E-state index contributed by atoms with van der Waals surface area (Å²) in [6, 6.07) is 10.1. The molecule has 0 radical (unpaired) electrons. The van der Waals surface area contributed by atoms with Gasteiger partial charge >= 0.3 is 0 Å². The minimum absolute atomic E-state index is 0.371. The molecule has 1 aromatic heterocycles. The highest BCUT2D eigenvalue weighted by Crippen LogP contribution is 2.29. The molecule has 102 valence electrons. The second-order valence-electron chi connectivity index (χ2n) is 4.89. The van der Waals surface area contributed by atoms with E-state index in [0.717, 1.165) is 18.4 Å². The predicted molar refractivity (Wildman–Crippen MR) is 78.6 cm³/mol. The number of benzene rings is 1. The van der Waals surface area contributed by atoms with E-state index < -0.39 is 0 Å². The van der Waals surface area contributed by atoms with Gasteiger partial charge in [-0.3, -0.25) is 0 Å². The van der Waals surface area contributed by atoms with Crippen LogP contribution in [0.5, 0.6) is 0 Å². The fourth-order valence-electron chi connectivity index (χ4n) is 2.02. The molecular formula is C14H14ClN5. The van der Waals surface area contributed by atoms with Crippen LogP contribution in [-0.4, -0.2) is 15.8 Å². The number of hydrogen-bond acceptors (Lipinski definition) is 4. The van der Waals surface area contributed by atoms with Gasteiger partial charge in [-0.1, -0.05) is 29.8 Å². The van der Waals surface area contributed by atoms with Crippen molar-refractivity contribution in [2.75, 3.05) is 11.1 Å². The summed E-state index contributed by atoms with van der Waals surface area (Å²) < 4.78 is 1.62. The van der Waals surface area contributed by atoms with E-state index >= 15 is 0 Å². The number of halogens is 1. The lowest BCUT2D eigenvalue weighted by atomic mass is 10.2. The summed E-state index contributed by atoms with van der Waals surface area (Å²) in [5, 5.41) is 17.5. The zero-order valence-electron chi connectivity index (χ0n) is 10.8. The Morgan fingerprint density at radius 1 is 1.45 bits per heavy atom. The van der Waals surface area contributed by atoms with Gasteiger partial charge in [0.15, 0.2) is 5.82 Å². The zero-order valence-corrected chi connectivity index (χ0v) is 11.6. The molecule has 1 aliphatic rings. The maximum Gasteiger partial charge on any atom is 0.168 e. The molecule has 2 aromatic rings. The van der Waals surface area contributed by atoms with Crippen molar-refractivity contribution in [3.8, 4) is 6.07 Å². The second kappa shape index (κ2) is 5.06. The van der Waals surface area contributed by atoms with Crippen molar-refractivity contribution < 1.29 is 0 Å². The van der Waals surface area contributed by atoms with Gasteiger partial charge in [-0.15, -0.1) is 0 Å². The van der Waals surface area contributed by atoms with Crippen molar-refractivity contribution in [2.45, 2.75) is 25.4 Å². The van der Waals surface area contributed by atoms with Gasteiger partial charge in [-0.2, -0.15) is 10.4 Å². The van der Waals surface area contributed by atoms with Gasteiger partial charge in [0.25, 0.3) is 0 Å². The monoisotopic (exact) mass is 287 g/mol. The predicted octanol–water partition coefficient (Wildman–Crippen LogP) is 2.61. The molecular weight excluding hydrogens is 274 g/mol. The van der Waals surface area contributed by atoms with Crippen LogP contribution in [0.15, 0.2) is 24.3 Å². The number of hydrogen-bond donors (Lipinski definition) is 2. The Balaban J connectivity index is 1.91. The summed E-state index contributed by atoms with van der Waals surface area (Å²) in [7, 11) is 0. The highest BCUT2D eigenvalue weighted by atomic mass is 35.5. The largest absolute Gasteiger partial charge is 0.383 e. The number of nitriles is 1. The van der Waals surface area contributed by atoms with Crippen molar-refractivity contribution in [2.24, 2.45) is 0 Å². The van der Waals surface area contributed by atoms with Crippen LogP contribution in [0.25, 0.3) is 0 Å². The Hall–Kier alpha value is -2.19. The zero-order chi connectivity index (χ0) is 14.1. The average Bonchev–Trinajstić information content (AvgIpc) is 3.19. The molecule has 1 aliphatic carbocycles. The number of nitrogens with zero attached hydrogens (tertiary/aromatic N) is 3. The molecule has 20 heavy (non-hydrogen) atoms. The molecule has 0 bridgehead atoms. The lowest BCUT2D eigenvalue weighted by Crippen LogP contribution is -2.07. The number of anilines is 2. The van der Waals surface area contributed by atoms with Gasteiger partial charge in [0.2, 0.25) is 0 Å². The Kier molecular flexibility index (Phi) is 3.25. The summed E-state index contributed by atoms with van der Waals surface area (Å²) in [5.41, 5.74) is 7.33. The van der Waals surface area contributed by atoms with Crippen LogP contribution >= 0.6 is 11.6 Å². The molecule has 1 aromatic carbocycles. The number of nitrogens with one attached hydrogen (secondary N) is 1. The minimum atomic E-state index is 0.371. The first-order valence-electron chi connectivity index (χ1n) is 6.45. The van der Waals surface area contributed by atoms with Crippen LogP contribution in [0, 0.1) is 11.3 Å². The third-order valence-corrected chi connectivity index (χ3v) is 3.67. The van der Waals surface area contributed by atoms with Crippen LogP contribution in [-0.2, 0) is 6.54 Å². The van der Waals surface area contributed by atoms with Crippen LogP contribution in [0.2, 0.25) is 5.02 Å². The van der Waals surface area contributed by atoms with Gasteiger partial charge in [-0.25, -0.2) is 4.68 Å². The van der Waals surface area contributed by atoms with Crippen LogP contribution in [0.1, 0.15) is 24.0 Å². The van der Waals surface area contributed by atoms with Crippen LogP contribution in [0.3, 0.4) is 0 Å². The van der Waals surface area contributed by atoms with Gasteiger partial charge in [0, 0.05) is 11.1 Å².